The molecule has 1 N–H and O–H groups in total. The van der Waals surface area contributed by atoms with Crippen molar-refractivity contribution in [2.75, 3.05) is 26.3 Å². The smallest absolute Gasteiger partial charge is 0.254 e. The minimum absolute atomic E-state index is 0.0300. The molecule has 4 rings (SSSR count). The molecule has 6 nitrogen and oxygen atoms in total. The Morgan fingerprint density at radius 1 is 1.24 bits per heavy atom. The molecule has 0 spiro atoms. The Bertz CT molecular complexity index is 936. The first-order valence-electron chi connectivity index (χ1n) is 7.80. The second-order valence-corrected chi connectivity index (χ2v) is 7.17. The zero-order valence-corrected chi connectivity index (χ0v) is 16.0. The highest BCUT2D eigenvalue weighted by atomic mass is 127. The van der Waals surface area contributed by atoms with Gasteiger partial charge in [0, 0.05) is 30.4 Å². The van der Waals surface area contributed by atoms with Gasteiger partial charge in [0.05, 0.1) is 21.8 Å². The first kappa shape index (κ1) is 16.7. The van der Waals surface area contributed by atoms with E-state index in [9.17, 15) is 4.79 Å². The molecule has 0 bridgehead atoms. The van der Waals surface area contributed by atoms with Gasteiger partial charge in [0.15, 0.2) is 5.65 Å². The zero-order chi connectivity index (χ0) is 17.4. The largest absolute Gasteiger partial charge is 0.378 e. The molecule has 0 aliphatic carbocycles. The van der Waals surface area contributed by atoms with Crippen molar-refractivity contribution in [3.8, 4) is 11.4 Å². The van der Waals surface area contributed by atoms with Gasteiger partial charge < -0.3 is 14.6 Å². The fourth-order valence-electron chi connectivity index (χ4n) is 2.76. The van der Waals surface area contributed by atoms with Gasteiger partial charge >= 0.3 is 0 Å². The standard InChI is InChI=1S/C17H14ClIN4O2/c18-12-9-20-16-14(13(12)19)21-15(22-16)10-1-3-11(4-2-10)17(24)23-5-7-25-8-6-23/h1-4,9H,5-8H2,(H,20,21,22). The van der Waals surface area contributed by atoms with Gasteiger partial charge in [-0.2, -0.15) is 0 Å². The molecule has 0 saturated carbocycles. The van der Waals surface area contributed by atoms with Crippen LogP contribution in [0.4, 0.5) is 0 Å². The van der Waals surface area contributed by atoms with Crippen LogP contribution in [0.3, 0.4) is 0 Å². The maximum atomic E-state index is 12.5. The number of amides is 1. The highest BCUT2D eigenvalue weighted by Gasteiger charge is 2.18. The van der Waals surface area contributed by atoms with Crippen LogP contribution in [0.1, 0.15) is 10.4 Å². The van der Waals surface area contributed by atoms with Crippen molar-refractivity contribution in [1.82, 2.24) is 19.9 Å². The first-order valence-corrected chi connectivity index (χ1v) is 9.26. The van der Waals surface area contributed by atoms with Crippen molar-refractivity contribution in [2.45, 2.75) is 0 Å². The maximum Gasteiger partial charge on any atom is 0.254 e. The predicted molar refractivity (Wildman–Crippen MR) is 104 cm³/mol. The topological polar surface area (TPSA) is 71.1 Å². The highest BCUT2D eigenvalue weighted by molar-refractivity contribution is 14.1. The van der Waals surface area contributed by atoms with E-state index >= 15 is 0 Å². The molecule has 1 aliphatic rings. The van der Waals surface area contributed by atoms with E-state index < -0.39 is 0 Å². The van der Waals surface area contributed by atoms with Crippen molar-refractivity contribution < 1.29 is 9.53 Å². The van der Waals surface area contributed by atoms with Crippen LogP contribution in [0.5, 0.6) is 0 Å². The normalized spacial score (nSPS) is 14.9. The number of imidazole rings is 1. The second kappa shape index (κ2) is 6.89. The number of carbonyl (C=O) groups excluding carboxylic acids is 1. The molecule has 1 saturated heterocycles. The van der Waals surface area contributed by atoms with Crippen LogP contribution in [0.25, 0.3) is 22.6 Å². The fraction of sp³-hybridized carbons (Fsp3) is 0.235. The molecule has 128 valence electrons. The Morgan fingerprint density at radius 2 is 1.96 bits per heavy atom. The molecule has 1 aromatic carbocycles. The van der Waals surface area contributed by atoms with E-state index in [4.69, 9.17) is 16.3 Å². The van der Waals surface area contributed by atoms with Crippen LogP contribution in [0.15, 0.2) is 30.5 Å². The van der Waals surface area contributed by atoms with Gasteiger partial charge in [0.25, 0.3) is 5.91 Å². The molecule has 1 amide bonds. The Morgan fingerprint density at radius 3 is 2.68 bits per heavy atom. The van der Waals surface area contributed by atoms with Gasteiger partial charge in [0.2, 0.25) is 0 Å². The Labute approximate surface area is 162 Å². The minimum atomic E-state index is 0.0300. The summed E-state index contributed by atoms with van der Waals surface area (Å²) in [7, 11) is 0. The van der Waals surface area contributed by atoms with Crippen LogP contribution < -0.4 is 0 Å². The zero-order valence-electron chi connectivity index (χ0n) is 13.1. The van der Waals surface area contributed by atoms with Gasteiger partial charge in [-0.15, -0.1) is 0 Å². The van der Waals surface area contributed by atoms with E-state index in [1.807, 2.05) is 29.2 Å². The van der Waals surface area contributed by atoms with Crippen molar-refractivity contribution in [3.05, 3.63) is 44.6 Å². The fourth-order valence-corrected chi connectivity index (χ4v) is 3.41. The number of H-pyrrole nitrogens is 1. The molecule has 2 aromatic heterocycles. The summed E-state index contributed by atoms with van der Waals surface area (Å²) in [5.74, 6) is 0.732. The number of benzene rings is 1. The van der Waals surface area contributed by atoms with E-state index in [0.717, 1.165) is 14.7 Å². The van der Waals surface area contributed by atoms with Gasteiger partial charge in [-0.1, -0.05) is 23.7 Å². The van der Waals surface area contributed by atoms with Crippen molar-refractivity contribution in [3.63, 3.8) is 0 Å². The number of fused-ring (bicyclic) bond motifs is 1. The molecule has 0 radical (unpaired) electrons. The lowest BCUT2D eigenvalue weighted by Crippen LogP contribution is -2.40. The SMILES string of the molecule is O=C(c1ccc(-c2nc3c(I)c(Cl)cnc3[nH]2)cc1)N1CCOCC1. The third-order valence-corrected chi connectivity index (χ3v) is 5.81. The number of halogens is 2. The van der Waals surface area contributed by atoms with Crippen LogP contribution in [0, 0.1) is 3.57 Å². The third kappa shape index (κ3) is 3.23. The molecule has 3 heterocycles. The quantitative estimate of drug-likeness (QED) is 0.586. The number of carbonyl (C=O) groups is 1. The first-order chi connectivity index (χ1) is 12.1. The number of nitrogens with zero attached hydrogens (tertiary/aromatic N) is 3. The summed E-state index contributed by atoms with van der Waals surface area (Å²) >= 11 is 8.26. The molecule has 25 heavy (non-hydrogen) atoms. The van der Waals surface area contributed by atoms with Crippen LogP contribution in [0.2, 0.25) is 5.02 Å². The number of hydrogen-bond donors (Lipinski definition) is 1. The van der Waals surface area contributed by atoms with Gasteiger partial charge in [0.1, 0.15) is 11.3 Å². The Balaban J connectivity index is 1.61. The number of morpholine rings is 1. The lowest BCUT2D eigenvalue weighted by atomic mass is 10.1. The molecule has 0 atom stereocenters. The lowest BCUT2D eigenvalue weighted by molar-refractivity contribution is 0.0303. The van der Waals surface area contributed by atoms with E-state index in [0.29, 0.717) is 48.4 Å². The summed E-state index contributed by atoms with van der Waals surface area (Å²) in [5.41, 5.74) is 3.00. The summed E-state index contributed by atoms with van der Waals surface area (Å²) in [4.78, 5) is 26.4. The number of pyridine rings is 1. The summed E-state index contributed by atoms with van der Waals surface area (Å²) < 4.78 is 6.15. The second-order valence-electron chi connectivity index (χ2n) is 5.68. The number of hydrogen-bond acceptors (Lipinski definition) is 4. The highest BCUT2D eigenvalue weighted by Crippen LogP contribution is 2.27. The van der Waals surface area contributed by atoms with Gasteiger partial charge in [-0.25, -0.2) is 9.97 Å². The molecular formula is C17H14ClIN4O2. The average Bonchev–Trinajstić information content (AvgIpc) is 3.10. The number of rotatable bonds is 2. The van der Waals surface area contributed by atoms with Crippen molar-refractivity contribution in [2.24, 2.45) is 0 Å². The maximum absolute atomic E-state index is 12.5. The molecular weight excluding hydrogens is 455 g/mol. The molecule has 3 aromatic rings. The number of aromatic amines is 1. The van der Waals surface area contributed by atoms with E-state index in [2.05, 4.69) is 37.5 Å². The minimum Gasteiger partial charge on any atom is -0.378 e. The average molecular weight is 469 g/mol. The van der Waals surface area contributed by atoms with Crippen LogP contribution in [-0.2, 0) is 4.74 Å². The van der Waals surface area contributed by atoms with Crippen LogP contribution in [-0.4, -0.2) is 52.1 Å². The number of nitrogens with one attached hydrogen (secondary N) is 1. The predicted octanol–water partition coefficient (Wildman–Crippen LogP) is 3.36. The van der Waals surface area contributed by atoms with Crippen molar-refractivity contribution >= 4 is 51.3 Å². The molecule has 1 aliphatic heterocycles. The Kier molecular flexibility index (Phi) is 4.61. The van der Waals surface area contributed by atoms with E-state index in [1.54, 1.807) is 6.20 Å². The molecule has 8 heteroatoms. The van der Waals surface area contributed by atoms with E-state index in [-0.39, 0.29) is 5.91 Å². The Hall–Kier alpha value is -1.71. The van der Waals surface area contributed by atoms with Crippen molar-refractivity contribution in [1.29, 1.82) is 0 Å². The number of aromatic nitrogens is 3. The third-order valence-electron chi connectivity index (χ3n) is 4.11. The summed E-state index contributed by atoms with van der Waals surface area (Å²) in [5, 5.41) is 0.581. The summed E-state index contributed by atoms with van der Waals surface area (Å²) in [6, 6.07) is 7.43. The van der Waals surface area contributed by atoms with E-state index in [1.165, 1.54) is 0 Å². The summed E-state index contributed by atoms with van der Waals surface area (Å²) in [6.07, 6.45) is 1.61. The molecule has 1 fully saturated rings. The lowest BCUT2D eigenvalue weighted by Gasteiger charge is -2.26. The monoisotopic (exact) mass is 468 g/mol. The molecule has 0 unspecified atom stereocenters. The van der Waals surface area contributed by atoms with Crippen LogP contribution >= 0.6 is 34.2 Å². The number of ether oxygens (including phenoxy) is 1. The van der Waals surface area contributed by atoms with Gasteiger partial charge in [-0.05, 0) is 34.7 Å². The summed E-state index contributed by atoms with van der Waals surface area (Å²) in [6.45, 7) is 2.46. The van der Waals surface area contributed by atoms with Gasteiger partial charge in [-0.3, -0.25) is 4.79 Å².